The van der Waals surface area contributed by atoms with E-state index in [1.165, 1.54) is 25.3 Å². The maximum atomic E-state index is 12.4. The average Bonchev–Trinajstić information content (AvgIpc) is 2.88. The Labute approximate surface area is 122 Å². The van der Waals surface area contributed by atoms with Gasteiger partial charge in [0.2, 0.25) is 10.0 Å². The molecule has 8 heteroatoms. The number of fused-ring (bicyclic) bond motifs is 1. The minimum Gasteiger partial charge on any atom is -0.496 e. The van der Waals surface area contributed by atoms with E-state index in [1.54, 1.807) is 0 Å². The van der Waals surface area contributed by atoms with Crippen LogP contribution in [0.2, 0.25) is 0 Å². The van der Waals surface area contributed by atoms with Crippen LogP contribution in [-0.2, 0) is 10.0 Å². The lowest BCUT2D eigenvalue weighted by atomic mass is 10.2. The molecule has 1 aromatic rings. The molecule has 2 atom stereocenters. The van der Waals surface area contributed by atoms with Crippen LogP contribution in [0.15, 0.2) is 23.1 Å². The smallest absolute Gasteiger partial charge is 0.252 e. The summed E-state index contributed by atoms with van der Waals surface area (Å²) in [5.41, 5.74) is 5.30. The zero-order valence-corrected chi connectivity index (χ0v) is 12.3. The van der Waals surface area contributed by atoms with Crippen LogP contribution in [0, 0.1) is 11.8 Å². The summed E-state index contributed by atoms with van der Waals surface area (Å²) in [6, 6.07) is 4.07. The van der Waals surface area contributed by atoms with Gasteiger partial charge in [0.15, 0.2) is 0 Å². The van der Waals surface area contributed by atoms with Gasteiger partial charge in [-0.25, -0.2) is 13.1 Å². The Kier molecular flexibility index (Phi) is 3.39. The number of carbonyl (C=O) groups is 1. The van der Waals surface area contributed by atoms with Gasteiger partial charge in [0.1, 0.15) is 5.75 Å². The van der Waals surface area contributed by atoms with Crippen molar-refractivity contribution >= 4 is 15.9 Å². The fraction of sp³-hybridized carbons (Fsp3) is 0.462. The molecule has 0 radical (unpaired) electrons. The number of hydrogen-bond acceptors (Lipinski definition) is 5. The van der Waals surface area contributed by atoms with Crippen LogP contribution in [0.1, 0.15) is 10.4 Å². The highest BCUT2D eigenvalue weighted by atomic mass is 32.2. The topological polar surface area (TPSA) is 111 Å². The maximum absolute atomic E-state index is 12.4. The largest absolute Gasteiger partial charge is 0.496 e. The number of amides is 1. The number of nitrogens with one attached hydrogen (secondary N) is 2. The van der Waals surface area contributed by atoms with Gasteiger partial charge >= 0.3 is 0 Å². The van der Waals surface area contributed by atoms with Crippen molar-refractivity contribution in [3.8, 4) is 5.75 Å². The Bertz CT molecular complexity index is 679. The van der Waals surface area contributed by atoms with Gasteiger partial charge in [0.05, 0.1) is 17.6 Å². The quantitative estimate of drug-likeness (QED) is 0.665. The molecule has 0 spiro atoms. The molecule has 2 fully saturated rings. The van der Waals surface area contributed by atoms with Gasteiger partial charge in [0, 0.05) is 6.04 Å². The molecule has 114 valence electrons. The van der Waals surface area contributed by atoms with E-state index in [0.29, 0.717) is 11.8 Å². The van der Waals surface area contributed by atoms with Crippen LogP contribution in [0.4, 0.5) is 0 Å². The van der Waals surface area contributed by atoms with Crippen LogP contribution in [0.5, 0.6) is 5.75 Å². The Hall–Kier alpha value is -1.64. The summed E-state index contributed by atoms with van der Waals surface area (Å²) in [6.45, 7) is 1.68. The summed E-state index contributed by atoms with van der Waals surface area (Å²) < 4.78 is 32.4. The van der Waals surface area contributed by atoms with Gasteiger partial charge < -0.3 is 15.8 Å². The molecule has 1 aliphatic heterocycles. The number of nitrogens with two attached hydrogens (primary N) is 1. The predicted molar refractivity (Wildman–Crippen MR) is 75.5 cm³/mol. The van der Waals surface area contributed by atoms with Gasteiger partial charge in [-0.15, -0.1) is 0 Å². The van der Waals surface area contributed by atoms with E-state index < -0.39 is 15.9 Å². The van der Waals surface area contributed by atoms with Crippen LogP contribution >= 0.6 is 0 Å². The summed E-state index contributed by atoms with van der Waals surface area (Å²) in [5.74, 6) is 0.271. The Balaban J connectivity index is 1.85. The number of methoxy groups -OCH3 is 1. The molecule has 3 rings (SSSR count). The molecule has 7 nitrogen and oxygen atoms in total. The molecule has 0 bridgehead atoms. The summed E-state index contributed by atoms with van der Waals surface area (Å²) in [6.07, 6.45) is 0. The number of benzene rings is 1. The number of piperidine rings is 1. The highest BCUT2D eigenvalue weighted by Gasteiger charge is 2.54. The minimum atomic E-state index is -3.66. The van der Waals surface area contributed by atoms with Crippen molar-refractivity contribution < 1.29 is 17.9 Å². The Morgan fingerprint density at radius 2 is 2.05 bits per heavy atom. The molecule has 21 heavy (non-hydrogen) atoms. The van der Waals surface area contributed by atoms with Crippen LogP contribution < -0.4 is 20.5 Å². The van der Waals surface area contributed by atoms with E-state index in [2.05, 4.69) is 10.0 Å². The van der Waals surface area contributed by atoms with Crippen LogP contribution in [-0.4, -0.2) is 40.6 Å². The molecular weight excluding hydrogens is 294 g/mol. The van der Waals surface area contributed by atoms with E-state index in [1.807, 2.05) is 0 Å². The van der Waals surface area contributed by atoms with E-state index in [0.717, 1.165) is 13.1 Å². The first kappa shape index (κ1) is 14.3. The molecular formula is C13H17N3O4S. The standard InChI is InChI=1S/C13H17N3O4S/c1-20-11-3-2-7(4-8(11)13(14)17)21(18,19)16-12-9-5-15-6-10(9)12/h2-4,9-10,12,15-16H,5-6H2,1H3,(H2,14,17). The molecule has 1 saturated heterocycles. The molecule has 4 N–H and O–H groups in total. The predicted octanol–water partition coefficient (Wildman–Crippen LogP) is -0.710. The van der Waals surface area contributed by atoms with E-state index in [-0.39, 0.29) is 22.3 Å². The van der Waals surface area contributed by atoms with Crippen molar-refractivity contribution in [3.63, 3.8) is 0 Å². The molecule has 1 amide bonds. The zero-order valence-electron chi connectivity index (χ0n) is 11.5. The number of hydrogen-bond donors (Lipinski definition) is 3. The van der Waals surface area contributed by atoms with E-state index in [4.69, 9.17) is 10.5 Å². The highest BCUT2D eigenvalue weighted by Crippen LogP contribution is 2.42. The molecule has 2 unspecified atom stereocenters. The van der Waals surface area contributed by atoms with Gasteiger partial charge in [0.25, 0.3) is 5.91 Å². The highest BCUT2D eigenvalue weighted by molar-refractivity contribution is 7.89. The van der Waals surface area contributed by atoms with Gasteiger partial charge in [-0.2, -0.15) is 0 Å². The minimum absolute atomic E-state index is 0.0182. The molecule has 1 heterocycles. The van der Waals surface area contributed by atoms with Crippen molar-refractivity contribution in [1.82, 2.24) is 10.0 Å². The second-order valence-corrected chi connectivity index (χ2v) is 7.07. The third-order valence-corrected chi connectivity index (χ3v) is 5.59. The SMILES string of the molecule is COc1ccc(S(=O)(=O)NC2C3CNCC32)cc1C(N)=O. The second kappa shape index (κ2) is 4.97. The zero-order chi connectivity index (χ0) is 15.2. The van der Waals surface area contributed by atoms with Gasteiger partial charge in [-0.05, 0) is 43.1 Å². The fourth-order valence-corrected chi connectivity index (χ4v) is 4.25. The molecule has 2 aliphatic rings. The first-order valence-electron chi connectivity index (χ1n) is 6.65. The fourth-order valence-electron chi connectivity index (χ4n) is 2.89. The first-order valence-corrected chi connectivity index (χ1v) is 8.13. The third kappa shape index (κ3) is 2.50. The Morgan fingerprint density at radius 3 is 2.62 bits per heavy atom. The van der Waals surface area contributed by atoms with Crippen molar-refractivity contribution in [2.75, 3.05) is 20.2 Å². The van der Waals surface area contributed by atoms with Crippen molar-refractivity contribution in [1.29, 1.82) is 0 Å². The summed E-state index contributed by atoms with van der Waals surface area (Å²) in [5, 5.41) is 3.20. The molecule has 1 saturated carbocycles. The lowest BCUT2D eigenvalue weighted by molar-refractivity contribution is 0.0997. The number of ether oxygens (including phenoxy) is 1. The van der Waals surface area contributed by atoms with Crippen LogP contribution in [0.25, 0.3) is 0 Å². The molecule has 1 aromatic carbocycles. The Morgan fingerprint density at radius 1 is 1.38 bits per heavy atom. The number of rotatable bonds is 5. The van der Waals surface area contributed by atoms with Crippen LogP contribution in [0.3, 0.4) is 0 Å². The van der Waals surface area contributed by atoms with E-state index >= 15 is 0 Å². The monoisotopic (exact) mass is 311 g/mol. The average molecular weight is 311 g/mol. The summed E-state index contributed by atoms with van der Waals surface area (Å²) in [7, 11) is -2.27. The molecule has 1 aliphatic carbocycles. The summed E-state index contributed by atoms with van der Waals surface area (Å²) >= 11 is 0. The van der Waals surface area contributed by atoms with Gasteiger partial charge in [-0.3, -0.25) is 4.79 Å². The number of sulfonamides is 1. The second-order valence-electron chi connectivity index (χ2n) is 5.36. The van der Waals surface area contributed by atoms with Gasteiger partial charge in [-0.1, -0.05) is 0 Å². The lowest BCUT2D eigenvalue weighted by Gasteiger charge is -2.11. The maximum Gasteiger partial charge on any atom is 0.252 e. The van der Waals surface area contributed by atoms with E-state index in [9.17, 15) is 13.2 Å². The third-order valence-electron chi connectivity index (χ3n) is 4.13. The summed E-state index contributed by atoms with van der Waals surface area (Å²) in [4.78, 5) is 11.4. The normalized spacial score (nSPS) is 27.2. The lowest BCUT2D eigenvalue weighted by Crippen LogP contribution is -2.32. The number of carbonyl (C=O) groups excluding carboxylic acids is 1. The van der Waals surface area contributed by atoms with Crippen molar-refractivity contribution in [2.45, 2.75) is 10.9 Å². The number of primary amides is 1. The van der Waals surface area contributed by atoms with Crippen molar-refractivity contribution in [2.24, 2.45) is 17.6 Å². The first-order chi connectivity index (χ1) is 9.94. The molecule has 0 aromatic heterocycles. The van der Waals surface area contributed by atoms with Crippen molar-refractivity contribution in [3.05, 3.63) is 23.8 Å².